The molecule has 3 heteroatoms. The molecule has 2 aromatic rings. The van der Waals surface area contributed by atoms with Crippen LogP contribution in [0.4, 0.5) is 0 Å². The number of nitrogens with two attached hydrogens (primary N) is 1. The van der Waals surface area contributed by atoms with Gasteiger partial charge in [-0.1, -0.05) is 42.8 Å². The van der Waals surface area contributed by atoms with E-state index in [1.165, 1.54) is 11.1 Å². The second-order valence-electron chi connectivity index (χ2n) is 5.05. The van der Waals surface area contributed by atoms with Gasteiger partial charge in [-0.15, -0.1) is 0 Å². The van der Waals surface area contributed by atoms with Crippen LogP contribution in [0.15, 0.2) is 48.7 Å². The molecule has 0 radical (unpaired) electrons. The summed E-state index contributed by atoms with van der Waals surface area (Å²) in [6.07, 6.45) is 1.84. The predicted octanol–water partition coefficient (Wildman–Crippen LogP) is 2.91. The molecule has 1 aromatic carbocycles. The molecule has 0 amide bonds. The molecular formula is C17H23N3. The van der Waals surface area contributed by atoms with Crippen LogP contribution in [-0.2, 0) is 6.54 Å². The third-order valence-corrected chi connectivity index (χ3v) is 3.62. The number of pyridine rings is 1. The molecule has 20 heavy (non-hydrogen) atoms. The molecule has 2 N–H and O–H groups in total. The lowest BCUT2D eigenvalue weighted by molar-refractivity contribution is 0.201. The Balaban J connectivity index is 2.17. The highest BCUT2D eigenvalue weighted by Crippen LogP contribution is 2.21. The molecule has 1 aromatic heterocycles. The fourth-order valence-electron chi connectivity index (χ4n) is 2.43. The van der Waals surface area contributed by atoms with Crippen LogP contribution in [-0.4, -0.2) is 23.0 Å². The number of rotatable bonds is 6. The largest absolute Gasteiger partial charge is 0.329 e. The smallest absolute Gasteiger partial charge is 0.0544 e. The lowest BCUT2D eigenvalue weighted by Gasteiger charge is -2.30. The topological polar surface area (TPSA) is 42.2 Å². The highest BCUT2D eigenvalue weighted by atomic mass is 15.2. The molecule has 1 atom stereocenters. The minimum atomic E-state index is 0.239. The maximum absolute atomic E-state index is 6.01. The summed E-state index contributed by atoms with van der Waals surface area (Å²) in [5, 5.41) is 0. The standard InChI is InChI=1S/C17H23N3/c1-3-20(13-16-6-4-5-11-19-16)17(12-18)15-9-7-14(2)8-10-15/h4-11,17H,3,12-13,18H2,1-2H3. The van der Waals surface area contributed by atoms with Crippen molar-refractivity contribution in [1.29, 1.82) is 0 Å². The van der Waals surface area contributed by atoms with E-state index < -0.39 is 0 Å². The average molecular weight is 269 g/mol. The number of aromatic nitrogens is 1. The van der Waals surface area contributed by atoms with Crippen LogP contribution in [0.25, 0.3) is 0 Å². The fourth-order valence-corrected chi connectivity index (χ4v) is 2.43. The van der Waals surface area contributed by atoms with Gasteiger partial charge < -0.3 is 5.73 Å². The predicted molar refractivity (Wildman–Crippen MR) is 83.3 cm³/mol. The molecule has 0 bridgehead atoms. The van der Waals surface area contributed by atoms with Crippen LogP contribution in [0.1, 0.15) is 29.8 Å². The molecule has 0 saturated carbocycles. The first-order chi connectivity index (χ1) is 9.74. The van der Waals surface area contributed by atoms with Gasteiger partial charge >= 0.3 is 0 Å². The van der Waals surface area contributed by atoms with Gasteiger partial charge in [0.05, 0.1) is 5.69 Å². The number of hydrogen-bond donors (Lipinski definition) is 1. The lowest BCUT2D eigenvalue weighted by atomic mass is 10.0. The van der Waals surface area contributed by atoms with Gasteiger partial charge in [-0.05, 0) is 31.2 Å². The minimum Gasteiger partial charge on any atom is -0.329 e. The van der Waals surface area contributed by atoms with Gasteiger partial charge in [-0.2, -0.15) is 0 Å². The summed E-state index contributed by atoms with van der Waals surface area (Å²) in [7, 11) is 0. The van der Waals surface area contributed by atoms with Crippen LogP contribution in [0, 0.1) is 6.92 Å². The summed E-state index contributed by atoms with van der Waals surface area (Å²) in [6.45, 7) is 6.66. The summed E-state index contributed by atoms with van der Waals surface area (Å²) in [6, 6.07) is 14.9. The third kappa shape index (κ3) is 3.65. The fraction of sp³-hybridized carbons (Fsp3) is 0.353. The summed E-state index contributed by atoms with van der Waals surface area (Å²) < 4.78 is 0. The van der Waals surface area contributed by atoms with Crippen LogP contribution >= 0.6 is 0 Å². The molecule has 0 aliphatic rings. The first kappa shape index (κ1) is 14.7. The van der Waals surface area contributed by atoms with Gasteiger partial charge in [0.25, 0.3) is 0 Å². The second kappa shape index (κ2) is 7.17. The van der Waals surface area contributed by atoms with Crippen LogP contribution in [0.2, 0.25) is 0 Å². The number of benzene rings is 1. The summed E-state index contributed by atoms with van der Waals surface area (Å²) in [5.74, 6) is 0. The van der Waals surface area contributed by atoms with E-state index >= 15 is 0 Å². The van der Waals surface area contributed by atoms with E-state index in [9.17, 15) is 0 Å². The van der Waals surface area contributed by atoms with Crippen molar-refractivity contribution >= 4 is 0 Å². The highest BCUT2D eigenvalue weighted by Gasteiger charge is 2.18. The first-order valence-electron chi connectivity index (χ1n) is 7.15. The summed E-state index contributed by atoms with van der Waals surface area (Å²) >= 11 is 0. The Hall–Kier alpha value is -1.71. The van der Waals surface area contributed by atoms with E-state index in [4.69, 9.17) is 5.73 Å². The molecule has 0 spiro atoms. The van der Waals surface area contributed by atoms with Crippen molar-refractivity contribution < 1.29 is 0 Å². The van der Waals surface area contributed by atoms with Crippen molar-refractivity contribution in [2.24, 2.45) is 5.73 Å². The Kier molecular flexibility index (Phi) is 5.27. The molecule has 0 fully saturated rings. The molecule has 3 nitrogen and oxygen atoms in total. The normalized spacial score (nSPS) is 12.6. The van der Waals surface area contributed by atoms with Crippen molar-refractivity contribution in [2.75, 3.05) is 13.1 Å². The van der Waals surface area contributed by atoms with Gasteiger partial charge in [-0.25, -0.2) is 0 Å². The van der Waals surface area contributed by atoms with Crippen LogP contribution in [0.5, 0.6) is 0 Å². The Morgan fingerprint density at radius 3 is 2.45 bits per heavy atom. The second-order valence-corrected chi connectivity index (χ2v) is 5.05. The molecule has 0 aliphatic heterocycles. The molecular weight excluding hydrogens is 246 g/mol. The van der Waals surface area contributed by atoms with Crippen LogP contribution in [0.3, 0.4) is 0 Å². The first-order valence-corrected chi connectivity index (χ1v) is 7.15. The van der Waals surface area contributed by atoms with Gasteiger partial charge in [0.2, 0.25) is 0 Å². The van der Waals surface area contributed by atoms with Crippen molar-refractivity contribution in [3.8, 4) is 0 Å². The number of likely N-dealkylation sites (N-methyl/N-ethyl adjacent to an activating group) is 1. The molecule has 0 saturated heterocycles. The Bertz CT molecular complexity index is 508. The third-order valence-electron chi connectivity index (χ3n) is 3.62. The van der Waals surface area contributed by atoms with Gasteiger partial charge in [0.1, 0.15) is 0 Å². The van der Waals surface area contributed by atoms with Gasteiger partial charge in [-0.3, -0.25) is 9.88 Å². The Morgan fingerprint density at radius 2 is 1.90 bits per heavy atom. The van der Waals surface area contributed by atoms with E-state index in [1.807, 2.05) is 18.3 Å². The summed E-state index contributed by atoms with van der Waals surface area (Å²) in [4.78, 5) is 6.78. The van der Waals surface area contributed by atoms with E-state index in [2.05, 4.69) is 54.1 Å². The molecule has 2 rings (SSSR count). The quantitative estimate of drug-likeness (QED) is 0.876. The van der Waals surface area contributed by atoms with Crippen molar-refractivity contribution in [2.45, 2.75) is 26.4 Å². The van der Waals surface area contributed by atoms with E-state index in [0.29, 0.717) is 6.54 Å². The van der Waals surface area contributed by atoms with Crippen LogP contribution < -0.4 is 5.73 Å². The Morgan fingerprint density at radius 1 is 1.15 bits per heavy atom. The Labute approximate surface area is 121 Å². The molecule has 0 aliphatic carbocycles. The van der Waals surface area contributed by atoms with Crippen molar-refractivity contribution in [1.82, 2.24) is 9.88 Å². The number of hydrogen-bond acceptors (Lipinski definition) is 3. The van der Waals surface area contributed by atoms with E-state index in [0.717, 1.165) is 18.8 Å². The van der Waals surface area contributed by atoms with Gasteiger partial charge in [0.15, 0.2) is 0 Å². The number of nitrogens with zero attached hydrogens (tertiary/aromatic N) is 2. The SMILES string of the molecule is CCN(Cc1ccccn1)C(CN)c1ccc(C)cc1. The molecule has 106 valence electrons. The minimum absolute atomic E-state index is 0.239. The molecule has 1 unspecified atom stereocenters. The number of aryl methyl sites for hydroxylation is 1. The lowest BCUT2D eigenvalue weighted by Crippen LogP contribution is -2.33. The van der Waals surface area contributed by atoms with Gasteiger partial charge in [0, 0.05) is 25.3 Å². The van der Waals surface area contributed by atoms with E-state index in [1.54, 1.807) is 0 Å². The summed E-state index contributed by atoms with van der Waals surface area (Å²) in [5.41, 5.74) is 9.64. The maximum Gasteiger partial charge on any atom is 0.0544 e. The van der Waals surface area contributed by atoms with Crippen molar-refractivity contribution in [3.05, 3.63) is 65.5 Å². The average Bonchev–Trinajstić information content (AvgIpc) is 2.49. The molecule has 1 heterocycles. The monoisotopic (exact) mass is 269 g/mol. The zero-order chi connectivity index (χ0) is 14.4. The maximum atomic E-state index is 6.01. The van der Waals surface area contributed by atoms with E-state index in [-0.39, 0.29) is 6.04 Å². The zero-order valence-electron chi connectivity index (χ0n) is 12.3. The zero-order valence-corrected chi connectivity index (χ0v) is 12.3. The van der Waals surface area contributed by atoms with Crippen molar-refractivity contribution in [3.63, 3.8) is 0 Å². The highest BCUT2D eigenvalue weighted by molar-refractivity contribution is 5.24.